The van der Waals surface area contributed by atoms with E-state index in [4.69, 9.17) is 5.11 Å². The molecule has 0 aliphatic rings. The summed E-state index contributed by atoms with van der Waals surface area (Å²) in [5, 5.41) is 11.5. The first kappa shape index (κ1) is 22.3. The number of hydrogen-bond acceptors (Lipinski definition) is 3. The number of amides is 1. The first-order chi connectivity index (χ1) is 14.0. The number of Topliss-reactive ketones (excluding diaryl/α,β-unsaturated/α-hetero) is 1. The minimum Gasteiger partial charge on any atom is -0.481 e. The number of benzene rings is 2. The molecule has 0 aromatic heterocycles. The van der Waals surface area contributed by atoms with Gasteiger partial charge >= 0.3 is 5.97 Å². The number of hydrogen-bond donors (Lipinski definition) is 2. The van der Waals surface area contributed by atoms with E-state index in [1.807, 2.05) is 24.3 Å². The minimum absolute atomic E-state index is 0.0357. The molecule has 2 aromatic carbocycles. The van der Waals surface area contributed by atoms with Gasteiger partial charge in [-0.3, -0.25) is 14.4 Å². The molecule has 0 aliphatic heterocycles. The Kier molecular flexibility index (Phi) is 9.09. The number of carboxylic acids is 1. The van der Waals surface area contributed by atoms with Crippen molar-refractivity contribution in [2.75, 3.05) is 5.32 Å². The Hall–Kier alpha value is -2.95. The fourth-order valence-corrected chi connectivity index (χ4v) is 3.06. The van der Waals surface area contributed by atoms with Gasteiger partial charge in [-0.05, 0) is 54.8 Å². The molecule has 0 heterocycles. The van der Waals surface area contributed by atoms with E-state index in [1.165, 1.54) is 37.7 Å². The molecule has 0 radical (unpaired) electrons. The van der Waals surface area contributed by atoms with Crippen molar-refractivity contribution < 1.29 is 19.5 Å². The highest BCUT2D eigenvalue weighted by atomic mass is 16.4. The van der Waals surface area contributed by atoms with Gasteiger partial charge < -0.3 is 10.4 Å². The van der Waals surface area contributed by atoms with Crippen molar-refractivity contribution in [2.45, 2.75) is 58.3 Å². The van der Waals surface area contributed by atoms with Crippen molar-refractivity contribution in [3.8, 4) is 0 Å². The topological polar surface area (TPSA) is 83.5 Å². The molecule has 2 rings (SSSR count). The molecule has 0 saturated heterocycles. The van der Waals surface area contributed by atoms with E-state index in [0.29, 0.717) is 16.8 Å². The zero-order chi connectivity index (χ0) is 21.1. The van der Waals surface area contributed by atoms with Crippen molar-refractivity contribution in [3.05, 3.63) is 65.2 Å². The minimum atomic E-state index is -0.996. The number of carbonyl (C=O) groups excluding carboxylic acids is 2. The highest BCUT2D eigenvalue weighted by Gasteiger charge is 2.10. The number of aliphatic carboxylic acids is 1. The Balaban J connectivity index is 1.84. The maximum Gasteiger partial charge on any atom is 0.303 e. The van der Waals surface area contributed by atoms with E-state index in [0.717, 1.165) is 6.42 Å². The predicted octanol–water partition coefficient (Wildman–Crippen LogP) is 5.50. The second-order valence-electron chi connectivity index (χ2n) is 7.21. The summed E-state index contributed by atoms with van der Waals surface area (Å²) >= 11 is 0. The molecule has 0 fully saturated rings. The number of nitrogens with one attached hydrogen (secondary N) is 1. The Morgan fingerprint density at radius 2 is 1.41 bits per heavy atom. The summed E-state index contributed by atoms with van der Waals surface area (Å²) in [5.41, 5.74) is 2.85. The van der Waals surface area contributed by atoms with E-state index >= 15 is 0 Å². The third-order valence-corrected chi connectivity index (χ3v) is 4.82. The van der Waals surface area contributed by atoms with Gasteiger partial charge in [0.15, 0.2) is 5.78 Å². The largest absolute Gasteiger partial charge is 0.481 e. The lowest BCUT2D eigenvalue weighted by atomic mass is 10.0. The summed E-state index contributed by atoms with van der Waals surface area (Å²) in [4.78, 5) is 34.9. The number of anilines is 1. The summed E-state index contributed by atoms with van der Waals surface area (Å²) < 4.78 is 0. The molecule has 0 spiro atoms. The average molecular weight is 395 g/mol. The highest BCUT2D eigenvalue weighted by molar-refractivity contribution is 6.04. The molecule has 0 atom stereocenters. The number of carbonyl (C=O) groups is 3. The fraction of sp³-hybridized carbons (Fsp3) is 0.375. The highest BCUT2D eigenvalue weighted by Crippen LogP contribution is 2.15. The first-order valence-electron chi connectivity index (χ1n) is 10.2. The van der Waals surface area contributed by atoms with E-state index < -0.39 is 5.97 Å². The summed E-state index contributed by atoms with van der Waals surface area (Å²) in [7, 11) is 0. The molecule has 2 N–H and O–H groups in total. The SMILES string of the molecule is CCCCCCCc1ccc(C(=O)Nc2ccc(C(=O)CCC(=O)O)cc2)cc1. The zero-order valence-electron chi connectivity index (χ0n) is 16.9. The lowest BCUT2D eigenvalue weighted by Crippen LogP contribution is -2.12. The normalized spacial score (nSPS) is 10.5. The van der Waals surface area contributed by atoms with Crippen LogP contribution < -0.4 is 5.32 Å². The van der Waals surface area contributed by atoms with E-state index in [1.54, 1.807) is 24.3 Å². The predicted molar refractivity (Wildman–Crippen MR) is 115 cm³/mol. The van der Waals surface area contributed by atoms with Gasteiger partial charge in [-0.25, -0.2) is 0 Å². The van der Waals surface area contributed by atoms with Crippen LogP contribution in [0.25, 0.3) is 0 Å². The third kappa shape index (κ3) is 7.90. The fourth-order valence-electron chi connectivity index (χ4n) is 3.06. The van der Waals surface area contributed by atoms with Crippen molar-refractivity contribution >= 4 is 23.3 Å². The molecule has 0 unspecified atom stereocenters. The van der Waals surface area contributed by atoms with Crippen LogP contribution in [0.3, 0.4) is 0 Å². The second-order valence-corrected chi connectivity index (χ2v) is 7.21. The van der Waals surface area contributed by atoms with E-state index in [2.05, 4.69) is 12.2 Å². The van der Waals surface area contributed by atoms with Gasteiger partial charge in [0, 0.05) is 23.2 Å². The van der Waals surface area contributed by atoms with Crippen LogP contribution in [-0.2, 0) is 11.2 Å². The molecule has 29 heavy (non-hydrogen) atoms. The summed E-state index contributed by atoms with van der Waals surface area (Å²) in [6, 6.07) is 14.2. The van der Waals surface area contributed by atoms with Crippen LogP contribution in [0.1, 0.15) is 78.1 Å². The van der Waals surface area contributed by atoms with Gasteiger partial charge in [-0.2, -0.15) is 0 Å². The van der Waals surface area contributed by atoms with Crippen LogP contribution >= 0.6 is 0 Å². The molecule has 0 saturated carbocycles. The Morgan fingerprint density at radius 1 is 0.793 bits per heavy atom. The average Bonchev–Trinajstić information content (AvgIpc) is 2.72. The molecule has 5 nitrogen and oxygen atoms in total. The van der Waals surface area contributed by atoms with Crippen LogP contribution in [-0.4, -0.2) is 22.8 Å². The number of unbranched alkanes of at least 4 members (excludes halogenated alkanes) is 4. The quantitative estimate of drug-likeness (QED) is 0.367. The van der Waals surface area contributed by atoms with Crippen LogP contribution in [0.15, 0.2) is 48.5 Å². The van der Waals surface area contributed by atoms with Gasteiger partial charge in [0.25, 0.3) is 5.91 Å². The molecule has 5 heteroatoms. The van der Waals surface area contributed by atoms with Gasteiger partial charge in [0.05, 0.1) is 6.42 Å². The van der Waals surface area contributed by atoms with Crippen LogP contribution in [0.2, 0.25) is 0 Å². The number of ketones is 1. The Bertz CT molecular complexity index is 810. The van der Waals surface area contributed by atoms with Gasteiger partial charge in [0.2, 0.25) is 0 Å². The van der Waals surface area contributed by atoms with Crippen molar-refractivity contribution in [1.29, 1.82) is 0 Å². The molecule has 0 aliphatic carbocycles. The zero-order valence-corrected chi connectivity index (χ0v) is 16.9. The Labute approximate surface area is 172 Å². The van der Waals surface area contributed by atoms with Crippen LogP contribution in [0.4, 0.5) is 5.69 Å². The molecular formula is C24H29NO4. The maximum absolute atomic E-state index is 12.4. The van der Waals surface area contributed by atoms with Crippen LogP contribution in [0.5, 0.6) is 0 Å². The first-order valence-corrected chi connectivity index (χ1v) is 10.2. The molecule has 1 amide bonds. The Morgan fingerprint density at radius 3 is 2.03 bits per heavy atom. The lowest BCUT2D eigenvalue weighted by Gasteiger charge is -2.07. The van der Waals surface area contributed by atoms with Gasteiger partial charge in [-0.15, -0.1) is 0 Å². The van der Waals surface area contributed by atoms with Gasteiger partial charge in [0.1, 0.15) is 0 Å². The van der Waals surface area contributed by atoms with Crippen molar-refractivity contribution in [2.24, 2.45) is 0 Å². The van der Waals surface area contributed by atoms with Crippen LogP contribution in [0, 0.1) is 0 Å². The van der Waals surface area contributed by atoms with E-state index in [-0.39, 0.29) is 24.5 Å². The third-order valence-electron chi connectivity index (χ3n) is 4.82. The summed E-state index contributed by atoms with van der Waals surface area (Å²) in [5.74, 6) is -1.43. The smallest absolute Gasteiger partial charge is 0.303 e. The number of rotatable bonds is 12. The lowest BCUT2D eigenvalue weighted by molar-refractivity contribution is -0.136. The second kappa shape index (κ2) is 11.8. The number of carboxylic acid groups (broad SMARTS) is 1. The standard InChI is InChI=1S/C24H29NO4/c1-2-3-4-5-6-7-18-8-10-20(11-9-18)24(29)25-21-14-12-19(13-15-21)22(26)16-17-23(27)28/h8-15H,2-7,16-17H2,1H3,(H,25,29)(H,27,28). The molecular weight excluding hydrogens is 366 g/mol. The van der Waals surface area contributed by atoms with Gasteiger partial charge in [-0.1, -0.05) is 44.7 Å². The monoisotopic (exact) mass is 395 g/mol. The molecule has 154 valence electrons. The molecule has 0 bridgehead atoms. The number of aryl methyl sites for hydroxylation is 1. The van der Waals surface area contributed by atoms with E-state index in [9.17, 15) is 14.4 Å². The summed E-state index contributed by atoms with van der Waals surface area (Å²) in [6.45, 7) is 2.21. The molecule has 2 aromatic rings. The van der Waals surface area contributed by atoms with Crippen molar-refractivity contribution in [1.82, 2.24) is 0 Å². The summed E-state index contributed by atoms with van der Waals surface area (Å²) in [6.07, 6.45) is 7.03. The maximum atomic E-state index is 12.4. The van der Waals surface area contributed by atoms with Crippen molar-refractivity contribution in [3.63, 3.8) is 0 Å².